The summed E-state index contributed by atoms with van der Waals surface area (Å²) in [5.41, 5.74) is 0. The summed E-state index contributed by atoms with van der Waals surface area (Å²) in [5, 5.41) is 3.09. The summed E-state index contributed by atoms with van der Waals surface area (Å²) in [6.45, 7) is 5.12. The van der Waals surface area contributed by atoms with Crippen molar-refractivity contribution in [2.45, 2.75) is 38.1 Å². The van der Waals surface area contributed by atoms with Crippen molar-refractivity contribution >= 4 is 5.91 Å². The zero-order chi connectivity index (χ0) is 16.1. The summed E-state index contributed by atoms with van der Waals surface area (Å²) < 4.78 is 0. The van der Waals surface area contributed by atoms with Gasteiger partial charge in [-0.2, -0.15) is 0 Å². The second-order valence-corrected chi connectivity index (χ2v) is 6.95. The first kappa shape index (κ1) is 16.5. The van der Waals surface area contributed by atoms with Gasteiger partial charge in [0.05, 0.1) is 5.92 Å². The number of likely N-dealkylation sites (tertiary alicyclic amines) is 2. The third-order valence-corrected chi connectivity index (χ3v) is 5.24. The maximum absolute atomic E-state index is 12.4. The Morgan fingerprint density at radius 3 is 2.91 bits per heavy atom. The molecule has 128 valence electrons. The normalized spacial score (nSPS) is 24.7. The van der Waals surface area contributed by atoms with E-state index < -0.39 is 0 Å². The fourth-order valence-corrected chi connectivity index (χ4v) is 3.80. The van der Waals surface area contributed by atoms with Crippen LogP contribution in [0.25, 0.3) is 0 Å². The van der Waals surface area contributed by atoms with E-state index in [4.69, 9.17) is 0 Å². The number of aromatic amines is 1. The number of hydrogen-bond donors (Lipinski definition) is 2. The second-order valence-electron chi connectivity index (χ2n) is 6.95. The molecule has 3 heterocycles. The molecule has 23 heavy (non-hydrogen) atoms. The summed E-state index contributed by atoms with van der Waals surface area (Å²) in [5.74, 6) is 1.30. The van der Waals surface area contributed by atoms with Crippen LogP contribution in [0.3, 0.4) is 0 Å². The van der Waals surface area contributed by atoms with Crippen LogP contribution in [0.2, 0.25) is 0 Å². The van der Waals surface area contributed by atoms with Crippen LogP contribution in [0.5, 0.6) is 0 Å². The molecule has 1 aromatic rings. The van der Waals surface area contributed by atoms with Gasteiger partial charge in [-0.1, -0.05) is 0 Å². The minimum absolute atomic E-state index is 0.153. The van der Waals surface area contributed by atoms with E-state index in [-0.39, 0.29) is 11.8 Å². The predicted octanol–water partition coefficient (Wildman–Crippen LogP) is 0.875. The Kier molecular flexibility index (Phi) is 5.67. The molecule has 2 N–H and O–H groups in total. The van der Waals surface area contributed by atoms with E-state index in [0.717, 1.165) is 38.2 Å². The summed E-state index contributed by atoms with van der Waals surface area (Å²) in [6, 6.07) is 0.671. The van der Waals surface area contributed by atoms with Gasteiger partial charge in [0.1, 0.15) is 5.82 Å². The van der Waals surface area contributed by atoms with Crippen molar-refractivity contribution in [1.29, 1.82) is 0 Å². The molecule has 2 fully saturated rings. The van der Waals surface area contributed by atoms with Crippen molar-refractivity contribution in [3.05, 3.63) is 18.2 Å². The number of imidazole rings is 1. The Morgan fingerprint density at radius 2 is 2.17 bits per heavy atom. The van der Waals surface area contributed by atoms with E-state index in [2.05, 4.69) is 32.1 Å². The maximum Gasteiger partial charge on any atom is 0.224 e. The molecular weight excluding hydrogens is 290 g/mol. The number of nitrogens with zero attached hydrogens (tertiary/aromatic N) is 3. The number of carbonyl (C=O) groups excluding carboxylic acids is 1. The van der Waals surface area contributed by atoms with Crippen LogP contribution in [0, 0.1) is 5.92 Å². The fraction of sp³-hybridized carbons (Fsp3) is 0.765. The third-order valence-electron chi connectivity index (χ3n) is 5.24. The van der Waals surface area contributed by atoms with E-state index in [1.807, 2.05) is 6.20 Å². The largest absolute Gasteiger partial charge is 0.355 e. The SMILES string of the molecule is CN1CCC(N2CCCC(C(=O)NCCc3ncc[nH]3)C2)CC1. The van der Waals surface area contributed by atoms with E-state index in [0.29, 0.717) is 12.6 Å². The van der Waals surface area contributed by atoms with Gasteiger partial charge >= 0.3 is 0 Å². The molecule has 1 amide bonds. The first-order chi connectivity index (χ1) is 11.2. The summed E-state index contributed by atoms with van der Waals surface area (Å²) in [6.07, 6.45) is 8.98. The van der Waals surface area contributed by atoms with Crippen molar-refractivity contribution in [2.75, 3.05) is 39.8 Å². The number of H-pyrrole nitrogens is 1. The molecule has 2 aliphatic rings. The molecule has 1 aromatic heterocycles. The summed E-state index contributed by atoms with van der Waals surface area (Å²) in [7, 11) is 2.20. The Hall–Kier alpha value is -1.40. The smallest absolute Gasteiger partial charge is 0.224 e. The topological polar surface area (TPSA) is 64.3 Å². The van der Waals surface area contributed by atoms with Crippen LogP contribution < -0.4 is 5.32 Å². The first-order valence-electron chi connectivity index (χ1n) is 8.91. The predicted molar refractivity (Wildman–Crippen MR) is 90.1 cm³/mol. The zero-order valence-electron chi connectivity index (χ0n) is 14.1. The van der Waals surface area contributed by atoms with Gasteiger partial charge in [-0.3, -0.25) is 9.69 Å². The lowest BCUT2D eigenvalue weighted by Crippen LogP contribution is -2.50. The Bertz CT molecular complexity index is 481. The molecule has 1 unspecified atom stereocenters. The Labute approximate surface area is 138 Å². The van der Waals surface area contributed by atoms with Crippen LogP contribution in [-0.4, -0.2) is 71.5 Å². The molecule has 2 aliphatic heterocycles. The van der Waals surface area contributed by atoms with Gasteiger partial charge in [-0.05, 0) is 52.4 Å². The minimum Gasteiger partial charge on any atom is -0.355 e. The Morgan fingerprint density at radius 1 is 1.35 bits per heavy atom. The van der Waals surface area contributed by atoms with Crippen LogP contribution in [0.15, 0.2) is 12.4 Å². The molecule has 0 aromatic carbocycles. The highest BCUT2D eigenvalue weighted by atomic mass is 16.1. The molecule has 2 saturated heterocycles. The van der Waals surface area contributed by atoms with E-state index in [1.165, 1.54) is 25.9 Å². The minimum atomic E-state index is 0.153. The molecule has 6 heteroatoms. The monoisotopic (exact) mass is 319 g/mol. The molecule has 3 rings (SSSR count). The van der Waals surface area contributed by atoms with Crippen molar-refractivity contribution in [1.82, 2.24) is 25.1 Å². The standard InChI is InChI=1S/C17H29N5O/c1-21-11-5-15(6-12-21)22-10-2-3-14(13-22)17(23)20-7-4-16-18-8-9-19-16/h8-9,14-15H,2-7,10-13H2,1H3,(H,18,19)(H,20,23). The first-order valence-corrected chi connectivity index (χ1v) is 8.91. The molecular formula is C17H29N5O. The van der Waals surface area contributed by atoms with Gasteiger partial charge in [0.25, 0.3) is 0 Å². The molecule has 1 atom stereocenters. The lowest BCUT2D eigenvalue weighted by molar-refractivity contribution is -0.127. The molecule has 0 radical (unpaired) electrons. The van der Waals surface area contributed by atoms with Gasteiger partial charge < -0.3 is 15.2 Å². The van der Waals surface area contributed by atoms with Crippen LogP contribution in [0.4, 0.5) is 0 Å². The number of carbonyl (C=O) groups is 1. The molecule has 0 bridgehead atoms. The zero-order valence-corrected chi connectivity index (χ0v) is 14.1. The van der Waals surface area contributed by atoms with Gasteiger partial charge in [0, 0.05) is 37.9 Å². The highest BCUT2D eigenvalue weighted by Gasteiger charge is 2.30. The number of hydrogen-bond acceptors (Lipinski definition) is 4. The van der Waals surface area contributed by atoms with Crippen molar-refractivity contribution in [3.63, 3.8) is 0 Å². The summed E-state index contributed by atoms with van der Waals surface area (Å²) in [4.78, 5) is 24.7. The quantitative estimate of drug-likeness (QED) is 0.845. The molecule has 0 aliphatic carbocycles. The van der Waals surface area contributed by atoms with E-state index in [9.17, 15) is 4.79 Å². The van der Waals surface area contributed by atoms with Gasteiger partial charge in [-0.15, -0.1) is 0 Å². The fourth-order valence-electron chi connectivity index (χ4n) is 3.80. The lowest BCUT2D eigenvalue weighted by Gasteiger charge is -2.41. The van der Waals surface area contributed by atoms with Crippen molar-refractivity contribution in [2.24, 2.45) is 5.92 Å². The molecule has 6 nitrogen and oxygen atoms in total. The van der Waals surface area contributed by atoms with Crippen LogP contribution >= 0.6 is 0 Å². The van der Waals surface area contributed by atoms with Gasteiger partial charge in [0.15, 0.2) is 0 Å². The number of piperidine rings is 2. The van der Waals surface area contributed by atoms with Crippen molar-refractivity contribution in [3.8, 4) is 0 Å². The van der Waals surface area contributed by atoms with E-state index in [1.54, 1.807) is 6.20 Å². The second kappa shape index (κ2) is 7.93. The van der Waals surface area contributed by atoms with Gasteiger partial charge in [-0.25, -0.2) is 4.98 Å². The Balaban J connectivity index is 1.43. The van der Waals surface area contributed by atoms with E-state index >= 15 is 0 Å². The average molecular weight is 319 g/mol. The van der Waals surface area contributed by atoms with Crippen molar-refractivity contribution < 1.29 is 4.79 Å². The van der Waals surface area contributed by atoms with Crippen LogP contribution in [-0.2, 0) is 11.2 Å². The van der Waals surface area contributed by atoms with Gasteiger partial charge in [0.2, 0.25) is 5.91 Å². The highest BCUT2D eigenvalue weighted by Crippen LogP contribution is 2.23. The number of nitrogens with one attached hydrogen (secondary N) is 2. The number of amides is 1. The molecule has 0 spiro atoms. The summed E-state index contributed by atoms with van der Waals surface area (Å²) >= 11 is 0. The van der Waals surface area contributed by atoms with Crippen LogP contribution in [0.1, 0.15) is 31.5 Å². The number of aromatic nitrogens is 2. The average Bonchev–Trinajstić information content (AvgIpc) is 3.09. The molecule has 0 saturated carbocycles. The third kappa shape index (κ3) is 4.54. The lowest BCUT2D eigenvalue weighted by atomic mass is 9.93. The highest BCUT2D eigenvalue weighted by molar-refractivity contribution is 5.78. The maximum atomic E-state index is 12.4. The number of rotatable bonds is 5.